The summed E-state index contributed by atoms with van der Waals surface area (Å²) in [6, 6.07) is 0. The average Bonchev–Trinajstić information content (AvgIpc) is 2.67. The second kappa shape index (κ2) is 14.7. The van der Waals surface area contributed by atoms with Gasteiger partial charge < -0.3 is 23.7 Å². The highest BCUT2D eigenvalue weighted by atomic mass is 16.5. The molecule has 0 radical (unpaired) electrons. The Hall–Kier alpha value is -0.200. The summed E-state index contributed by atoms with van der Waals surface area (Å²) in [5, 5.41) is 0. The van der Waals surface area contributed by atoms with E-state index in [-0.39, 0.29) is 29.1 Å². The maximum atomic E-state index is 6.31. The van der Waals surface area contributed by atoms with E-state index in [1.807, 2.05) is 0 Å². The van der Waals surface area contributed by atoms with E-state index < -0.39 is 0 Å². The average molecular weight is 405 g/mol. The van der Waals surface area contributed by atoms with Gasteiger partial charge in [0.2, 0.25) is 0 Å². The maximum Gasteiger partial charge on any atom is 0.0570 e. The normalized spacial score (nSPS) is 16.0. The van der Waals surface area contributed by atoms with Crippen LogP contribution in [0.3, 0.4) is 0 Å². The van der Waals surface area contributed by atoms with Crippen LogP contribution in [0.2, 0.25) is 0 Å². The second-order valence-electron chi connectivity index (χ2n) is 8.88. The summed E-state index contributed by atoms with van der Waals surface area (Å²) in [4.78, 5) is 0. The van der Waals surface area contributed by atoms with Crippen molar-refractivity contribution in [1.82, 2.24) is 0 Å². The highest BCUT2D eigenvalue weighted by Crippen LogP contribution is 2.29. The third-order valence-electron chi connectivity index (χ3n) is 5.46. The van der Waals surface area contributed by atoms with E-state index in [1.54, 1.807) is 7.11 Å². The van der Waals surface area contributed by atoms with Crippen molar-refractivity contribution in [1.29, 1.82) is 0 Å². The predicted octanol–water partition coefficient (Wildman–Crippen LogP) is 5.11. The quantitative estimate of drug-likeness (QED) is 0.318. The molecular weight excluding hydrogens is 356 g/mol. The van der Waals surface area contributed by atoms with E-state index >= 15 is 0 Å². The number of methoxy groups -OCH3 is 1. The van der Waals surface area contributed by atoms with Crippen LogP contribution in [0.1, 0.15) is 74.7 Å². The van der Waals surface area contributed by atoms with E-state index in [0.29, 0.717) is 39.6 Å². The minimum absolute atomic E-state index is 0.129. The second-order valence-corrected chi connectivity index (χ2v) is 8.88. The Bertz CT molecular complexity index is 360. The lowest BCUT2D eigenvalue weighted by Gasteiger charge is -2.37. The summed E-state index contributed by atoms with van der Waals surface area (Å²) < 4.78 is 29.8. The third-order valence-corrected chi connectivity index (χ3v) is 5.46. The van der Waals surface area contributed by atoms with Gasteiger partial charge in [0, 0.05) is 17.9 Å². The molecule has 0 aliphatic carbocycles. The molecule has 5 heteroatoms. The Labute approximate surface area is 174 Å². The molecular formula is C23H48O5. The van der Waals surface area contributed by atoms with Crippen molar-refractivity contribution in [2.75, 3.05) is 46.8 Å². The zero-order valence-electron chi connectivity index (χ0n) is 20.1. The van der Waals surface area contributed by atoms with Gasteiger partial charge in [0.15, 0.2) is 0 Å². The fourth-order valence-electron chi connectivity index (χ4n) is 2.78. The van der Waals surface area contributed by atoms with Crippen molar-refractivity contribution in [3.8, 4) is 0 Å². The van der Waals surface area contributed by atoms with Crippen LogP contribution in [0.25, 0.3) is 0 Å². The van der Waals surface area contributed by atoms with E-state index in [9.17, 15) is 0 Å². The molecule has 0 aromatic carbocycles. The molecule has 2 unspecified atom stereocenters. The molecule has 0 bridgehead atoms. The van der Waals surface area contributed by atoms with Crippen LogP contribution in [0.4, 0.5) is 0 Å². The van der Waals surface area contributed by atoms with Crippen molar-refractivity contribution in [3.05, 3.63) is 0 Å². The lowest BCUT2D eigenvalue weighted by Crippen LogP contribution is -2.42. The zero-order chi connectivity index (χ0) is 21.6. The molecule has 0 heterocycles. The minimum Gasteiger partial charge on any atom is -0.384 e. The third kappa shape index (κ3) is 11.1. The molecule has 0 amide bonds. The van der Waals surface area contributed by atoms with Gasteiger partial charge in [-0.3, -0.25) is 0 Å². The lowest BCUT2D eigenvalue weighted by molar-refractivity contribution is -0.123. The number of hydrogen-bond acceptors (Lipinski definition) is 5. The van der Waals surface area contributed by atoms with Crippen LogP contribution in [-0.2, 0) is 23.7 Å². The Balaban J connectivity index is 5.03. The van der Waals surface area contributed by atoms with Gasteiger partial charge in [0.25, 0.3) is 0 Å². The van der Waals surface area contributed by atoms with Gasteiger partial charge in [-0.2, -0.15) is 0 Å². The van der Waals surface area contributed by atoms with Crippen molar-refractivity contribution in [2.45, 2.75) is 93.0 Å². The largest absolute Gasteiger partial charge is 0.384 e. The Morgan fingerprint density at radius 1 is 0.607 bits per heavy atom. The molecule has 0 saturated carbocycles. The van der Waals surface area contributed by atoms with E-state index in [0.717, 1.165) is 19.3 Å². The standard InChI is InChI=1S/C23H48O5/c1-10-21(8)28-18-22(11-2,13-24-9)14-25-15-23(12-3,16-26-19(4)5)17-27-20(6)7/h19-21H,10-18H2,1-9H3. The maximum absolute atomic E-state index is 6.31. The fraction of sp³-hybridized carbons (Fsp3) is 1.00. The SMILES string of the molecule is CCC(C)OCC(CC)(COC)COCC(CC)(COC(C)C)COC(C)C. The summed E-state index contributed by atoms with van der Waals surface area (Å²) in [6.07, 6.45) is 3.53. The van der Waals surface area contributed by atoms with E-state index in [1.165, 1.54) is 0 Å². The molecule has 28 heavy (non-hydrogen) atoms. The summed E-state index contributed by atoms with van der Waals surface area (Å²) in [6.45, 7) is 20.7. The molecule has 2 atom stereocenters. The molecule has 0 aromatic rings. The molecule has 0 aliphatic heterocycles. The van der Waals surface area contributed by atoms with Crippen molar-refractivity contribution >= 4 is 0 Å². The fourth-order valence-corrected chi connectivity index (χ4v) is 2.78. The Morgan fingerprint density at radius 3 is 1.39 bits per heavy atom. The van der Waals surface area contributed by atoms with Crippen LogP contribution in [0.15, 0.2) is 0 Å². The number of rotatable bonds is 18. The van der Waals surface area contributed by atoms with Gasteiger partial charge in [0.1, 0.15) is 0 Å². The van der Waals surface area contributed by atoms with Crippen LogP contribution < -0.4 is 0 Å². The van der Waals surface area contributed by atoms with E-state index in [4.69, 9.17) is 23.7 Å². The van der Waals surface area contributed by atoms with Gasteiger partial charge >= 0.3 is 0 Å². The monoisotopic (exact) mass is 404 g/mol. The zero-order valence-corrected chi connectivity index (χ0v) is 20.1. The van der Waals surface area contributed by atoms with E-state index in [2.05, 4.69) is 55.4 Å². The highest BCUT2D eigenvalue weighted by molar-refractivity contribution is 4.82. The molecule has 5 nitrogen and oxygen atoms in total. The highest BCUT2D eigenvalue weighted by Gasteiger charge is 2.34. The number of ether oxygens (including phenoxy) is 5. The molecule has 0 aliphatic rings. The minimum atomic E-state index is -0.140. The lowest BCUT2D eigenvalue weighted by atomic mass is 9.86. The van der Waals surface area contributed by atoms with Crippen molar-refractivity contribution in [3.63, 3.8) is 0 Å². The first kappa shape index (κ1) is 27.8. The Kier molecular flexibility index (Phi) is 14.6. The molecule has 0 rings (SSSR count). The summed E-state index contributed by atoms with van der Waals surface area (Å²) >= 11 is 0. The Morgan fingerprint density at radius 2 is 1.04 bits per heavy atom. The first-order valence-electron chi connectivity index (χ1n) is 11.1. The van der Waals surface area contributed by atoms with Crippen molar-refractivity contribution < 1.29 is 23.7 Å². The molecule has 0 fully saturated rings. The van der Waals surface area contributed by atoms with Crippen LogP contribution >= 0.6 is 0 Å². The van der Waals surface area contributed by atoms with Crippen LogP contribution in [0, 0.1) is 10.8 Å². The molecule has 0 N–H and O–H groups in total. The van der Waals surface area contributed by atoms with Gasteiger partial charge in [-0.05, 0) is 53.9 Å². The molecule has 170 valence electrons. The van der Waals surface area contributed by atoms with Gasteiger partial charge in [0.05, 0.1) is 58.0 Å². The summed E-state index contributed by atoms with van der Waals surface area (Å²) in [7, 11) is 1.75. The smallest absolute Gasteiger partial charge is 0.0570 e. The van der Waals surface area contributed by atoms with Crippen LogP contribution in [-0.4, -0.2) is 65.1 Å². The topological polar surface area (TPSA) is 46.2 Å². The molecule has 0 spiro atoms. The predicted molar refractivity (Wildman–Crippen MR) is 116 cm³/mol. The van der Waals surface area contributed by atoms with Gasteiger partial charge in [-0.25, -0.2) is 0 Å². The summed E-state index contributed by atoms with van der Waals surface area (Å²) in [5.74, 6) is 0. The van der Waals surface area contributed by atoms with Crippen LogP contribution in [0.5, 0.6) is 0 Å². The van der Waals surface area contributed by atoms with Crippen molar-refractivity contribution in [2.24, 2.45) is 10.8 Å². The first-order valence-corrected chi connectivity index (χ1v) is 11.1. The first-order chi connectivity index (χ1) is 13.2. The molecule has 0 saturated heterocycles. The number of hydrogen-bond donors (Lipinski definition) is 0. The summed E-state index contributed by atoms with van der Waals surface area (Å²) in [5.41, 5.74) is -0.270. The molecule has 0 aromatic heterocycles. The van der Waals surface area contributed by atoms with Gasteiger partial charge in [-0.15, -0.1) is 0 Å². The van der Waals surface area contributed by atoms with Gasteiger partial charge in [-0.1, -0.05) is 20.8 Å².